The molecule has 2 rings (SSSR count). The van der Waals surface area contributed by atoms with Crippen molar-refractivity contribution < 1.29 is 14.5 Å². The van der Waals surface area contributed by atoms with E-state index in [1.165, 1.54) is 4.68 Å². The molecule has 2 unspecified atom stereocenters. The number of hydrogen-bond acceptors (Lipinski definition) is 6. The van der Waals surface area contributed by atoms with Crippen molar-refractivity contribution in [1.82, 2.24) is 9.78 Å². The molecule has 0 radical (unpaired) electrons. The number of aryl methyl sites for hydroxylation is 1. The third-order valence-corrected chi connectivity index (χ3v) is 3.05. The van der Waals surface area contributed by atoms with Gasteiger partial charge < -0.3 is 4.74 Å². The molecule has 1 aromatic rings. The van der Waals surface area contributed by atoms with Crippen molar-refractivity contribution in [2.45, 2.75) is 25.0 Å². The SMILES string of the molecule is Cn1ncc([N+](=O)[O-])c1C1CC(=O)CC(N=[N+]=[N-])CO1. The summed E-state index contributed by atoms with van der Waals surface area (Å²) in [6.07, 6.45) is 0.442. The number of nitro groups is 1. The fourth-order valence-electron chi connectivity index (χ4n) is 2.17. The van der Waals surface area contributed by atoms with E-state index >= 15 is 0 Å². The molecule has 0 aliphatic carbocycles. The number of rotatable bonds is 3. The lowest BCUT2D eigenvalue weighted by Gasteiger charge is -2.14. The minimum atomic E-state index is -0.755. The predicted octanol–water partition coefficient (Wildman–Crippen LogP) is 1.43. The fourth-order valence-corrected chi connectivity index (χ4v) is 2.17. The molecule has 2 heterocycles. The average Bonchev–Trinajstić information content (AvgIpc) is 2.67. The Kier molecular flexibility index (Phi) is 3.97. The van der Waals surface area contributed by atoms with Gasteiger partial charge in [-0.2, -0.15) is 5.10 Å². The maximum Gasteiger partial charge on any atom is 0.312 e. The highest BCUT2D eigenvalue weighted by Crippen LogP contribution is 2.32. The zero-order chi connectivity index (χ0) is 14.7. The summed E-state index contributed by atoms with van der Waals surface area (Å²) in [5.41, 5.74) is 8.45. The van der Waals surface area contributed by atoms with E-state index < -0.39 is 17.1 Å². The molecule has 1 aromatic heterocycles. The lowest BCUT2D eigenvalue weighted by atomic mass is 10.1. The van der Waals surface area contributed by atoms with Gasteiger partial charge in [-0.3, -0.25) is 19.6 Å². The number of hydrogen-bond donors (Lipinski definition) is 0. The van der Waals surface area contributed by atoms with Gasteiger partial charge in [-0.1, -0.05) is 5.11 Å². The quantitative estimate of drug-likeness (QED) is 0.271. The average molecular weight is 280 g/mol. The lowest BCUT2D eigenvalue weighted by molar-refractivity contribution is -0.386. The van der Waals surface area contributed by atoms with Crippen LogP contribution in [0.1, 0.15) is 24.6 Å². The van der Waals surface area contributed by atoms with Crippen molar-refractivity contribution in [2.24, 2.45) is 12.2 Å². The number of azide groups is 1. The number of aromatic nitrogens is 2. The molecular formula is C10H12N6O4. The highest BCUT2D eigenvalue weighted by atomic mass is 16.6. The Bertz CT molecular complexity index is 591. The summed E-state index contributed by atoms with van der Waals surface area (Å²) in [6, 6.07) is -0.579. The van der Waals surface area contributed by atoms with Crippen molar-refractivity contribution in [1.29, 1.82) is 0 Å². The first kappa shape index (κ1) is 14.0. The topological polar surface area (TPSA) is 136 Å². The molecule has 1 aliphatic heterocycles. The Hall–Kier alpha value is -2.45. The van der Waals surface area contributed by atoms with Gasteiger partial charge in [0.25, 0.3) is 0 Å². The first-order chi connectivity index (χ1) is 9.52. The number of ketones is 1. The molecule has 10 heteroatoms. The molecule has 20 heavy (non-hydrogen) atoms. The van der Waals surface area contributed by atoms with E-state index in [2.05, 4.69) is 15.1 Å². The minimum Gasteiger partial charge on any atom is -0.371 e. The van der Waals surface area contributed by atoms with Crippen molar-refractivity contribution in [3.8, 4) is 0 Å². The van der Waals surface area contributed by atoms with Gasteiger partial charge in [0, 0.05) is 24.8 Å². The van der Waals surface area contributed by atoms with Crippen LogP contribution in [0.2, 0.25) is 0 Å². The molecule has 0 spiro atoms. The molecule has 0 bridgehead atoms. The number of nitrogens with zero attached hydrogens (tertiary/aromatic N) is 6. The number of Topliss-reactive ketones (excluding diaryl/α,β-unsaturated/α-hetero) is 1. The van der Waals surface area contributed by atoms with E-state index in [1.807, 2.05) is 0 Å². The Morgan fingerprint density at radius 1 is 1.65 bits per heavy atom. The van der Waals surface area contributed by atoms with E-state index in [1.54, 1.807) is 7.05 Å². The van der Waals surface area contributed by atoms with E-state index in [4.69, 9.17) is 10.3 Å². The van der Waals surface area contributed by atoms with Gasteiger partial charge in [-0.15, -0.1) is 0 Å². The molecule has 0 aromatic carbocycles. The maximum absolute atomic E-state index is 11.8. The summed E-state index contributed by atoms with van der Waals surface area (Å²) >= 11 is 0. The summed E-state index contributed by atoms with van der Waals surface area (Å²) in [6.45, 7) is 0.0444. The zero-order valence-corrected chi connectivity index (χ0v) is 10.7. The van der Waals surface area contributed by atoms with Crippen molar-refractivity contribution in [2.75, 3.05) is 6.61 Å². The maximum atomic E-state index is 11.8. The highest BCUT2D eigenvalue weighted by Gasteiger charge is 2.32. The Morgan fingerprint density at radius 3 is 3.05 bits per heavy atom. The van der Waals surface area contributed by atoms with Gasteiger partial charge in [0.1, 0.15) is 23.8 Å². The van der Waals surface area contributed by atoms with Crippen LogP contribution >= 0.6 is 0 Å². The number of carbonyl (C=O) groups excluding carboxylic acids is 1. The van der Waals surface area contributed by atoms with E-state index in [-0.39, 0.29) is 36.6 Å². The molecule has 0 amide bonds. The van der Waals surface area contributed by atoms with Crippen LogP contribution in [0.25, 0.3) is 10.4 Å². The van der Waals surface area contributed by atoms with E-state index in [0.717, 1.165) is 6.20 Å². The van der Waals surface area contributed by atoms with Crippen LogP contribution in [-0.4, -0.2) is 33.1 Å². The Morgan fingerprint density at radius 2 is 2.40 bits per heavy atom. The van der Waals surface area contributed by atoms with Gasteiger partial charge in [0.2, 0.25) is 0 Å². The first-order valence-corrected chi connectivity index (χ1v) is 5.86. The third kappa shape index (κ3) is 2.76. The molecule has 106 valence electrons. The standard InChI is InChI=1S/C10H12N6O4/c1-15-10(8(4-12-15)16(18)19)9-3-7(17)2-6(5-20-9)13-14-11/h4,6,9H,2-3,5H2,1H3. The largest absolute Gasteiger partial charge is 0.371 e. The second-order valence-corrected chi connectivity index (χ2v) is 4.42. The second kappa shape index (κ2) is 5.68. The second-order valence-electron chi connectivity index (χ2n) is 4.42. The van der Waals surface area contributed by atoms with E-state index in [9.17, 15) is 14.9 Å². The summed E-state index contributed by atoms with van der Waals surface area (Å²) in [5.74, 6) is -0.166. The lowest BCUT2D eigenvalue weighted by Crippen LogP contribution is -2.14. The molecule has 1 aliphatic rings. The van der Waals surface area contributed by atoms with Crippen LogP contribution in [0.5, 0.6) is 0 Å². The molecule has 0 saturated carbocycles. The van der Waals surface area contributed by atoms with Crippen molar-refractivity contribution in [3.63, 3.8) is 0 Å². The zero-order valence-electron chi connectivity index (χ0n) is 10.7. The van der Waals surface area contributed by atoms with Gasteiger partial charge in [0.05, 0.1) is 17.6 Å². The highest BCUT2D eigenvalue weighted by molar-refractivity contribution is 5.80. The molecule has 1 fully saturated rings. The molecule has 1 saturated heterocycles. The molecule has 2 atom stereocenters. The van der Waals surface area contributed by atoms with Gasteiger partial charge in [0.15, 0.2) is 0 Å². The monoisotopic (exact) mass is 280 g/mol. The fraction of sp³-hybridized carbons (Fsp3) is 0.600. The number of ether oxygens (including phenoxy) is 1. The van der Waals surface area contributed by atoms with Crippen LogP contribution in [0.15, 0.2) is 11.3 Å². The van der Waals surface area contributed by atoms with Crippen LogP contribution in [-0.2, 0) is 16.6 Å². The molecule has 10 nitrogen and oxygen atoms in total. The van der Waals surface area contributed by atoms with Gasteiger partial charge >= 0.3 is 5.69 Å². The number of carbonyl (C=O) groups is 1. The summed E-state index contributed by atoms with van der Waals surface area (Å²) in [4.78, 5) is 24.9. The van der Waals surface area contributed by atoms with Crippen LogP contribution in [0.4, 0.5) is 5.69 Å². The smallest absolute Gasteiger partial charge is 0.312 e. The van der Waals surface area contributed by atoms with Crippen LogP contribution in [0.3, 0.4) is 0 Å². The third-order valence-electron chi connectivity index (χ3n) is 3.05. The van der Waals surface area contributed by atoms with Crippen LogP contribution < -0.4 is 0 Å². The summed E-state index contributed by atoms with van der Waals surface area (Å²) in [5, 5.41) is 18.3. The van der Waals surface area contributed by atoms with Gasteiger partial charge in [-0.25, -0.2) is 0 Å². The normalized spacial score (nSPS) is 22.9. The Labute approximate surface area is 113 Å². The van der Waals surface area contributed by atoms with Gasteiger partial charge in [-0.05, 0) is 5.53 Å². The Balaban J connectivity index is 2.29. The van der Waals surface area contributed by atoms with Crippen molar-refractivity contribution >= 4 is 11.5 Å². The van der Waals surface area contributed by atoms with Crippen LogP contribution in [0, 0.1) is 10.1 Å². The van der Waals surface area contributed by atoms with Crippen molar-refractivity contribution in [3.05, 3.63) is 32.4 Å². The molecule has 0 N–H and O–H groups in total. The van der Waals surface area contributed by atoms with E-state index in [0.29, 0.717) is 0 Å². The predicted molar refractivity (Wildman–Crippen MR) is 65.7 cm³/mol. The minimum absolute atomic E-state index is 0.00216. The first-order valence-electron chi connectivity index (χ1n) is 5.86. The summed E-state index contributed by atoms with van der Waals surface area (Å²) < 4.78 is 6.83. The molecular weight excluding hydrogens is 268 g/mol. The summed E-state index contributed by atoms with van der Waals surface area (Å²) in [7, 11) is 1.55.